The highest BCUT2D eigenvalue weighted by Gasteiger charge is 2.15. The van der Waals surface area contributed by atoms with Crippen molar-refractivity contribution in [2.45, 2.75) is 40.0 Å². The zero-order chi connectivity index (χ0) is 22.7. The van der Waals surface area contributed by atoms with E-state index in [1.807, 2.05) is 37.3 Å². The second-order valence-corrected chi connectivity index (χ2v) is 9.40. The molecule has 32 heavy (non-hydrogen) atoms. The highest BCUT2D eigenvalue weighted by atomic mass is 32.1. The first-order valence-electron chi connectivity index (χ1n) is 10.9. The van der Waals surface area contributed by atoms with Crippen LogP contribution in [0.15, 0.2) is 71.8 Å². The normalized spacial score (nSPS) is 11.8. The molecular formula is C27H27N3OS. The number of rotatable bonds is 6. The Hall–Kier alpha value is -3.31. The van der Waals surface area contributed by atoms with Crippen LogP contribution in [0, 0.1) is 6.92 Å². The number of nitrogens with zero attached hydrogens (tertiary/aromatic N) is 2. The lowest BCUT2D eigenvalue weighted by Gasteiger charge is -2.11. The molecule has 0 saturated carbocycles. The molecule has 4 nitrogen and oxygen atoms in total. The van der Waals surface area contributed by atoms with Gasteiger partial charge in [0.15, 0.2) is 0 Å². The van der Waals surface area contributed by atoms with E-state index in [1.165, 1.54) is 10.4 Å². The third kappa shape index (κ3) is 4.63. The summed E-state index contributed by atoms with van der Waals surface area (Å²) in [5.41, 5.74) is 8.05. The van der Waals surface area contributed by atoms with Crippen LogP contribution in [-0.4, -0.2) is 16.6 Å². The summed E-state index contributed by atoms with van der Waals surface area (Å²) >= 11 is 1.68. The van der Waals surface area contributed by atoms with Gasteiger partial charge in [-0.3, -0.25) is 4.79 Å². The van der Waals surface area contributed by atoms with Crippen LogP contribution in [0.25, 0.3) is 22.2 Å². The first-order chi connectivity index (χ1) is 15.5. The van der Waals surface area contributed by atoms with E-state index in [4.69, 9.17) is 4.98 Å². The third-order valence-corrected chi connectivity index (χ3v) is 6.54. The Morgan fingerprint density at radius 3 is 2.47 bits per heavy atom. The highest BCUT2D eigenvalue weighted by Crippen LogP contribution is 2.26. The molecule has 0 spiro atoms. The lowest BCUT2D eigenvalue weighted by Crippen LogP contribution is -2.20. The number of para-hydroxylation sites is 1. The molecule has 0 aliphatic heterocycles. The fourth-order valence-corrected chi connectivity index (χ4v) is 4.55. The minimum atomic E-state index is -0.233. The van der Waals surface area contributed by atoms with Gasteiger partial charge in [0, 0.05) is 15.8 Å². The maximum atomic E-state index is 13.2. The van der Waals surface area contributed by atoms with E-state index in [0.29, 0.717) is 11.5 Å². The second kappa shape index (κ2) is 9.45. The smallest absolute Gasteiger partial charge is 0.267 e. The van der Waals surface area contributed by atoms with E-state index in [1.54, 1.807) is 11.3 Å². The molecule has 0 radical (unpaired) electrons. The van der Waals surface area contributed by atoms with Crippen LogP contribution in [0.4, 0.5) is 0 Å². The average molecular weight is 442 g/mol. The number of hydrogen-bond donors (Lipinski definition) is 1. The molecule has 2 aromatic heterocycles. The van der Waals surface area contributed by atoms with Gasteiger partial charge in [-0.25, -0.2) is 10.4 Å². The lowest BCUT2D eigenvalue weighted by molar-refractivity contribution is 0.0956. The maximum absolute atomic E-state index is 13.2. The van der Waals surface area contributed by atoms with Gasteiger partial charge < -0.3 is 0 Å². The zero-order valence-electron chi connectivity index (χ0n) is 18.8. The van der Waals surface area contributed by atoms with Gasteiger partial charge in [-0.2, -0.15) is 5.10 Å². The molecule has 1 N–H and O–H groups in total. The molecule has 0 bridgehead atoms. The topological polar surface area (TPSA) is 54.4 Å². The van der Waals surface area contributed by atoms with Gasteiger partial charge in [0.25, 0.3) is 5.91 Å². The lowest BCUT2D eigenvalue weighted by atomic mass is 9.99. The minimum absolute atomic E-state index is 0.233. The van der Waals surface area contributed by atoms with Gasteiger partial charge in [0.2, 0.25) is 0 Å². The van der Waals surface area contributed by atoms with Crippen molar-refractivity contribution in [2.75, 3.05) is 0 Å². The van der Waals surface area contributed by atoms with Crippen molar-refractivity contribution in [3.63, 3.8) is 0 Å². The number of pyridine rings is 1. The molecule has 0 fully saturated rings. The number of hydrogen-bond acceptors (Lipinski definition) is 4. The van der Waals surface area contributed by atoms with Crippen molar-refractivity contribution in [3.05, 3.63) is 87.6 Å². The summed E-state index contributed by atoms with van der Waals surface area (Å²) < 4.78 is 0. The zero-order valence-corrected chi connectivity index (χ0v) is 19.7. The van der Waals surface area contributed by atoms with Crippen LogP contribution in [-0.2, 0) is 0 Å². The molecule has 4 aromatic rings. The number of amides is 1. The number of carbonyl (C=O) groups excluding carboxylic acids is 1. The molecule has 0 saturated heterocycles. The number of aromatic nitrogens is 1. The van der Waals surface area contributed by atoms with Crippen molar-refractivity contribution in [1.82, 2.24) is 10.4 Å². The Morgan fingerprint density at radius 2 is 1.81 bits per heavy atom. The Morgan fingerprint density at radius 1 is 1.06 bits per heavy atom. The Bertz CT molecular complexity index is 1290. The monoisotopic (exact) mass is 441 g/mol. The summed E-state index contributed by atoms with van der Waals surface area (Å²) in [4.78, 5) is 20.3. The highest BCUT2D eigenvalue weighted by molar-refractivity contribution is 7.14. The average Bonchev–Trinajstić information content (AvgIpc) is 3.24. The molecule has 0 aliphatic rings. The molecular weight excluding hydrogens is 414 g/mol. The SMILES string of the molecule is CC/C(=N/NC(=O)c1cc(-c2ccc(C(C)C)cc2)nc2ccccc12)c1ccc(C)s1. The van der Waals surface area contributed by atoms with Gasteiger partial charge in [-0.15, -0.1) is 11.3 Å². The van der Waals surface area contributed by atoms with Crippen LogP contribution in [0.1, 0.15) is 58.8 Å². The number of benzene rings is 2. The van der Waals surface area contributed by atoms with Crippen LogP contribution >= 0.6 is 11.3 Å². The second-order valence-electron chi connectivity index (χ2n) is 8.11. The van der Waals surface area contributed by atoms with E-state index < -0.39 is 0 Å². The quantitative estimate of drug-likeness (QED) is 0.260. The van der Waals surface area contributed by atoms with E-state index in [-0.39, 0.29) is 5.91 Å². The molecule has 2 aromatic carbocycles. The van der Waals surface area contributed by atoms with E-state index in [0.717, 1.165) is 39.2 Å². The van der Waals surface area contributed by atoms with Crippen LogP contribution < -0.4 is 5.43 Å². The number of carbonyl (C=O) groups is 1. The van der Waals surface area contributed by atoms with Gasteiger partial charge >= 0.3 is 0 Å². The molecule has 4 rings (SSSR count). The number of thiophene rings is 1. The first kappa shape index (κ1) is 21.9. The molecule has 5 heteroatoms. The number of fused-ring (bicyclic) bond motifs is 1. The summed E-state index contributed by atoms with van der Waals surface area (Å²) in [6.07, 6.45) is 0.741. The van der Waals surface area contributed by atoms with Crippen molar-refractivity contribution >= 4 is 33.9 Å². The predicted octanol–water partition coefficient (Wildman–Crippen LogP) is 6.94. The van der Waals surface area contributed by atoms with Gasteiger partial charge in [0.05, 0.1) is 27.4 Å². The van der Waals surface area contributed by atoms with E-state index in [2.05, 4.69) is 67.7 Å². The van der Waals surface area contributed by atoms with E-state index in [9.17, 15) is 4.79 Å². The van der Waals surface area contributed by atoms with Crippen molar-refractivity contribution < 1.29 is 4.79 Å². The Kier molecular flexibility index (Phi) is 6.47. The molecule has 1 amide bonds. The molecule has 0 unspecified atom stereocenters. The summed E-state index contributed by atoms with van der Waals surface area (Å²) in [6, 6.07) is 22.1. The molecule has 2 heterocycles. The summed E-state index contributed by atoms with van der Waals surface area (Å²) in [6.45, 7) is 8.46. The number of hydrazone groups is 1. The van der Waals surface area contributed by atoms with Crippen LogP contribution in [0.5, 0.6) is 0 Å². The Labute approximate surface area is 193 Å². The fourth-order valence-electron chi connectivity index (χ4n) is 3.63. The minimum Gasteiger partial charge on any atom is -0.267 e. The van der Waals surface area contributed by atoms with Gasteiger partial charge in [-0.1, -0.05) is 63.2 Å². The summed E-state index contributed by atoms with van der Waals surface area (Å²) in [5.74, 6) is 0.232. The summed E-state index contributed by atoms with van der Waals surface area (Å²) in [7, 11) is 0. The standard InChI is InChI=1S/C27H27N3OS/c1-5-23(26-15-10-18(4)32-26)29-30-27(31)22-16-25(28-24-9-7-6-8-21(22)24)20-13-11-19(12-14-20)17(2)3/h6-17H,5H2,1-4H3,(H,30,31)/b29-23-. The largest absolute Gasteiger partial charge is 0.272 e. The number of aryl methyl sites for hydroxylation is 1. The van der Waals surface area contributed by atoms with Crippen LogP contribution in [0.3, 0.4) is 0 Å². The van der Waals surface area contributed by atoms with Crippen molar-refractivity contribution in [3.8, 4) is 11.3 Å². The Balaban J connectivity index is 1.71. The fraction of sp³-hybridized carbons (Fsp3) is 0.222. The number of nitrogens with one attached hydrogen (secondary N) is 1. The van der Waals surface area contributed by atoms with E-state index >= 15 is 0 Å². The van der Waals surface area contributed by atoms with Gasteiger partial charge in [-0.05, 0) is 49.1 Å². The maximum Gasteiger partial charge on any atom is 0.272 e. The van der Waals surface area contributed by atoms with Crippen molar-refractivity contribution in [1.29, 1.82) is 0 Å². The van der Waals surface area contributed by atoms with Crippen LogP contribution in [0.2, 0.25) is 0 Å². The molecule has 162 valence electrons. The molecule has 0 atom stereocenters. The first-order valence-corrected chi connectivity index (χ1v) is 11.7. The molecule has 0 aliphatic carbocycles. The van der Waals surface area contributed by atoms with Gasteiger partial charge in [0.1, 0.15) is 0 Å². The van der Waals surface area contributed by atoms with Crippen molar-refractivity contribution in [2.24, 2.45) is 5.10 Å². The third-order valence-electron chi connectivity index (χ3n) is 5.49. The predicted molar refractivity (Wildman–Crippen MR) is 135 cm³/mol. The summed E-state index contributed by atoms with van der Waals surface area (Å²) in [5, 5.41) is 5.26.